The van der Waals surface area contributed by atoms with Crippen LogP contribution >= 0.6 is 0 Å². The summed E-state index contributed by atoms with van der Waals surface area (Å²) in [5, 5.41) is 33.8. The van der Waals surface area contributed by atoms with E-state index in [1.807, 2.05) is 0 Å². The van der Waals surface area contributed by atoms with Gasteiger partial charge in [-0.2, -0.15) is 13.2 Å². The monoisotopic (exact) mass is 1190 g/mol. The van der Waals surface area contributed by atoms with Gasteiger partial charge in [0.25, 0.3) is 0 Å². The van der Waals surface area contributed by atoms with Crippen molar-refractivity contribution in [1.82, 2.24) is 42.1 Å². The van der Waals surface area contributed by atoms with Crippen LogP contribution in [0.1, 0.15) is 89.2 Å². The lowest BCUT2D eigenvalue weighted by molar-refractivity contribution is -0.192. The number of likely N-dealkylation sites (tertiary alicyclic amines) is 1. The van der Waals surface area contributed by atoms with E-state index in [9.17, 15) is 80.6 Å². The average molecular weight is 1190 g/mol. The summed E-state index contributed by atoms with van der Waals surface area (Å²) in [6.45, 7) is 2.45. The second-order valence-corrected chi connectivity index (χ2v) is 19.5. The van der Waals surface area contributed by atoms with Gasteiger partial charge in [0.05, 0.1) is 19.0 Å². The molecule has 3 rings (SSSR count). The Bertz CT molecular complexity index is 2670. The molecule has 0 radical (unpaired) electrons. The molecule has 1 saturated heterocycles. The highest BCUT2D eigenvalue weighted by molar-refractivity contribution is 5.99. The zero-order valence-corrected chi connectivity index (χ0v) is 45.9. The van der Waals surface area contributed by atoms with E-state index < -0.39 is 182 Å². The Morgan fingerprint density at radius 3 is 1.51 bits per heavy atom. The highest BCUT2D eigenvalue weighted by atomic mass is 19.4. The number of nitrogens with one attached hydrogen (secondary N) is 7. The summed E-state index contributed by atoms with van der Waals surface area (Å²) in [5.41, 5.74) is 28.9. The fraction of sp³-hybridized carbons (Fsp3) is 0.500. The molecule has 1 aliphatic heterocycles. The number of alkyl halides is 3. The van der Waals surface area contributed by atoms with E-state index in [2.05, 4.69) is 37.2 Å². The maximum atomic E-state index is 14.0. The van der Waals surface area contributed by atoms with E-state index in [4.69, 9.17) is 38.6 Å². The Balaban J connectivity index is 0.00000322. The number of primary amides is 4. The van der Waals surface area contributed by atoms with Crippen molar-refractivity contribution in [2.75, 3.05) is 13.1 Å². The van der Waals surface area contributed by atoms with Gasteiger partial charge >= 0.3 is 18.1 Å². The summed E-state index contributed by atoms with van der Waals surface area (Å²) < 4.78 is 31.7. The molecule has 0 bridgehead atoms. The Labute approximate surface area is 479 Å². The van der Waals surface area contributed by atoms with Gasteiger partial charge < -0.3 is 81.0 Å². The Morgan fingerprint density at radius 1 is 0.595 bits per heavy atom. The number of carboxylic acids is 2. The molecule has 9 atom stereocenters. The van der Waals surface area contributed by atoms with E-state index in [1.54, 1.807) is 74.5 Å². The van der Waals surface area contributed by atoms with Crippen LogP contribution in [0.15, 0.2) is 60.7 Å². The van der Waals surface area contributed by atoms with Gasteiger partial charge in [-0.25, -0.2) is 9.59 Å². The van der Waals surface area contributed by atoms with Crippen molar-refractivity contribution in [1.29, 1.82) is 0 Å². The first kappa shape index (κ1) is 70.9. The third kappa shape index (κ3) is 25.7. The van der Waals surface area contributed by atoms with Gasteiger partial charge in [0.2, 0.25) is 70.9 Å². The molecule has 12 amide bonds. The van der Waals surface area contributed by atoms with Crippen LogP contribution in [0, 0.1) is 5.92 Å². The molecule has 0 saturated carbocycles. The molecule has 32 heteroatoms. The van der Waals surface area contributed by atoms with Crippen LogP contribution in [0.2, 0.25) is 0 Å². The normalized spacial score (nSPS) is 15.6. The van der Waals surface area contributed by atoms with Crippen molar-refractivity contribution in [2.45, 2.75) is 145 Å². The van der Waals surface area contributed by atoms with Crippen LogP contribution in [0.4, 0.5) is 13.2 Å². The summed E-state index contributed by atoms with van der Waals surface area (Å²) in [5.74, 6) is -15.8. The standard InChI is InChI=1S/C50H71N13O14.C2HF3O2/c1-3-27(2)42(50(76)77)62-47(73)34(24-29-13-8-5-9-14-29)60-45(71)31(16-19-37(52)64)57-41(68)26-56-44(70)35(25-40(55)67)61-46(72)32(17-20-38(53)65)58-48(74)36-15-10-22-63(36)49(75)33(18-21-39(54)66)59-43(69)30(51)23-28-11-6-4-7-12-28;3-2(4,5)1(6)7/h4-9,11-14,27,30-36,42H,3,10,15-26,51H2,1-2H3,(H2,52,64)(H2,53,65)(H2,54,66)(H2,55,67)(H,56,70)(H,57,68)(H,58,74)(H,59,69)(H,60,71)(H,61,72)(H,62,73)(H,76,77);(H,6,7). The highest BCUT2D eigenvalue weighted by Gasteiger charge is 2.41. The predicted molar refractivity (Wildman–Crippen MR) is 287 cm³/mol. The number of halogens is 3. The topological polar surface area (TPSA) is 497 Å². The summed E-state index contributed by atoms with van der Waals surface area (Å²) >= 11 is 0. The minimum absolute atomic E-state index is 0.0124. The van der Waals surface area contributed by atoms with Crippen LogP contribution in [0.25, 0.3) is 0 Å². The zero-order chi connectivity index (χ0) is 63.4. The summed E-state index contributed by atoms with van der Waals surface area (Å²) in [4.78, 5) is 179. The Morgan fingerprint density at radius 2 is 1.05 bits per heavy atom. The number of hydrogen-bond donors (Lipinski definition) is 14. The number of carbonyl (C=O) groups excluding carboxylic acids is 12. The molecule has 1 aliphatic rings. The molecule has 84 heavy (non-hydrogen) atoms. The van der Waals surface area contributed by atoms with E-state index in [0.717, 1.165) is 10.5 Å². The number of nitrogens with two attached hydrogens (primary N) is 5. The van der Waals surface area contributed by atoms with Crippen LogP contribution in [0.3, 0.4) is 0 Å². The first-order chi connectivity index (χ1) is 39.3. The number of benzene rings is 2. The van der Waals surface area contributed by atoms with Gasteiger partial charge in [-0.15, -0.1) is 0 Å². The van der Waals surface area contributed by atoms with Crippen molar-refractivity contribution in [2.24, 2.45) is 34.6 Å². The van der Waals surface area contributed by atoms with Gasteiger partial charge in [-0.1, -0.05) is 80.9 Å². The third-order valence-electron chi connectivity index (χ3n) is 12.8. The fourth-order valence-corrected chi connectivity index (χ4v) is 8.15. The summed E-state index contributed by atoms with van der Waals surface area (Å²) in [7, 11) is 0. The molecule has 2 aromatic carbocycles. The second-order valence-electron chi connectivity index (χ2n) is 19.5. The zero-order valence-electron chi connectivity index (χ0n) is 45.9. The lowest BCUT2D eigenvalue weighted by atomic mass is 9.98. The van der Waals surface area contributed by atoms with Crippen LogP contribution < -0.4 is 65.9 Å². The fourth-order valence-electron chi connectivity index (χ4n) is 8.15. The van der Waals surface area contributed by atoms with Crippen molar-refractivity contribution in [3.05, 3.63) is 71.8 Å². The number of aliphatic carboxylic acids is 2. The molecule has 19 N–H and O–H groups in total. The number of carbonyl (C=O) groups is 14. The van der Waals surface area contributed by atoms with Crippen LogP contribution in [0.5, 0.6) is 0 Å². The quantitative estimate of drug-likeness (QED) is 0.0326. The SMILES string of the molecule is CCC(C)C(NC(=O)C(Cc1ccccc1)NC(=O)C(CCC(N)=O)NC(=O)CNC(=O)C(CC(N)=O)NC(=O)C(CCC(N)=O)NC(=O)C1CCCN1C(=O)C(CCC(N)=O)NC(=O)C(N)Cc1ccccc1)C(=O)O.O=C(O)C(F)(F)F. The molecule has 0 aromatic heterocycles. The van der Waals surface area contributed by atoms with Gasteiger partial charge in [0.1, 0.15) is 42.3 Å². The van der Waals surface area contributed by atoms with Crippen molar-refractivity contribution < 1.29 is 90.5 Å². The number of carboxylic acid groups (broad SMARTS) is 2. The van der Waals surface area contributed by atoms with E-state index in [0.29, 0.717) is 12.0 Å². The average Bonchev–Trinajstić information content (AvgIpc) is 4.17. The number of amides is 12. The van der Waals surface area contributed by atoms with Crippen LogP contribution in [-0.4, -0.2) is 166 Å². The minimum Gasteiger partial charge on any atom is -0.480 e. The van der Waals surface area contributed by atoms with Gasteiger partial charge in [-0.3, -0.25) is 57.5 Å². The van der Waals surface area contributed by atoms with E-state index in [1.165, 1.54) is 0 Å². The first-order valence-electron chi connectivity index (χ1n) is 26.2. The van der Waals surface area contributed by atoms with Gasteiger partial charge in [-0.05, 0) is 55.6 Å². The molecule has 1 heterocycles. The Hall–Kier alpha value is -9.23. The largest absolute Gasteiger partial charge is 0.490 e. The van der Waals surface area contributed by atoms with Gasteiger partial charge in [0.15, 0.2) is 0 Å². The number of hydrogen-bond acceptors (Lipinski definition) is 15. The molecule has 0 aliphatic carbocycles. The first-order valence-corrected chi connectivity index (χ1v) is 26.2. The second kappa shape index (κ2) is 34.9. The number of nitrogens with zero attached hydrogens (tertiary/aromatic N) is 1. The van der Waals surface area contributed by atoms with Crippen LogP contribution in [-0.2, 0) is 80.0 Å². The lowest BCUT2D eigenvalue weighted by Gasteiger charge is -2.30. The lowest BCUT2D eigenvalue weighted by Crippen LogP contribution is -2.59. The molecule has 1 fully saturated rings. The predicted octanol–water partition coefficient (Wildman–Crippen LogP) is -3.75. The maximum absolute atomic E-state index is 14.0. The maximum Gasteiger partial charge on any atom is 0.490 e. The highest BCUT2D eigenvalue weighted by Crippen LogP contribution is 2.21. The minimum atomic E-state index is -5.08. The van der Waals surface area contributed by atoms with E-state index >= 15 is 0 Å². The molecule has 9 unspecified atom stereocenters. The summed E-state index contributed by atoms with van der Waals surface area (Å²) in [6.07, 6.45) is -7.52. The Kier molecular flexibility index (Phi) is 29.5. The number of rotatable bonds is 33. The smallest absolute Gasteiger partial charge is 0.480 e. The van der Waals surface area contributed by atoms with Crippen molar-refractivity contribution in [3.8, 4) is 0 Å². The third-order valence-corrected chi connectivity index (χ3v) is 12.8. The molecular formula is C52H72F3N13O16. The van der Waals surface area contributed by atoms with E-state index in [-0.39, 0.29) is 45.1 Å². The molecule has 462 valence electrons. The van der Waals surface area contributed by atoms with Crippen molar-refractivity contribution >= 4 is 82.8 Å². The van der Waals surface area contributed by atoms with Gasteiger partial charge in [0, 0.05) is 32.2 Å². The molecule has 2 aromatic rings. The molecular weight excluding hydrogens is 1120 g/mol. The molecule has 29 nitrogen and oxygen atoms in total. The summed E-state index contributed by atoms with van der Waals surface area (Å²) in [6, 6.07) is 5.77. The van der Waals surface area contributed by atoms with Crippen molar-refractivity contribution in [3.63, 3.8) is 0 Å². The molecule has 0 spiro atoms.